The molecule has 7 nitrogen and oxygen atoms in total. The van der Waals surface area contributed by atoms with Crippen LogP contribution in [0.3, 0.4) is 0 Å². The second kappa shape index (κ2) is 9.63. The van der Waals surface area contributed by atoms with E-state index in [1.165, 1.54) is 11.3 Å². The highest BCUT2D eigenvalue weighted by Crippen LogP contribution is 2.22. The van der Waals surface area contributed by atoms with E-state index in [-0.39, 0.29) is 12.5 Å². The maximum Gasteiger partial charge on any atom is 0.323 e. The molecule has 0 atom stereocenters. The summed E-state index contributed by atoms with van der Waals surface area (Å²) in [5.74, 6) is 0.102. The summed E-state index contributed by atoms with van der Waals surface area (Å²) < 4.78 is 0.658. The number of thiazole rings is 1. The normalized spacial score (nSPS) is 11.0. The van der Waals surface area contributed by atoms with Gasteiger partial charge >= 0.3 is 12.0 Å². The van der Waals surface area contributed by atoms with Gasteiger partial charge in [-0.1, -0.05) is 31.6 Å². The SMILES string of the molecule is CC(C)CN(C(=O)NCCCCCC(=O)O)c1ccc2[nH]c(=S)sc2n1. The Bertz CT molecular complexity index is 816. The third-order valence-electron chi connectivity index (χ3n) is 3.68. The molecule has 0 aliphatic rings. The van der Waals surface area contributed by atoms with Crippen molar-refractivity contribution in [1.82, 2.24) is 15.3 Å². The predicted octanol–water partition coefficient (Wildman–Crippen LogP) is 4.17. The van der Waals surface area contributed by atoms with Gasteiger partial charge < -0.3 is 15.4 Å². The summed E-state index contributed by atoms with van der Waals surface area (Å²) in [6.07, 6.45) is 2.31. The lowest BCUT2D eigenvalue weighted by molar-refractivity contribution is -0.137. The molecule has 26 heavy (non-hydrogen) atoms. The minimum Gasteiger partial charge on any atom is -0.481 e. The van der Waals surface area contributed by atoms with Crippen LogP contribution >= 0.6 is 23.6 Å². The smallest absolute Gasteiger partial charge is 0.323 e. The van der Waals surface area contributed by atoms with E-state index >= 15 is 0 Å². The Morgan fingerprint density at radius 1 is 1.35 bits per heavy atom. The number of aromatic amines is 1. The number of unbranched alkanes of at least 4 members (excludes halogenated alkanes) is 2. The van der Waals surface area contributed by atoms with E-state index in [1.54, 1.807) is 4.90 Å². The summed E-state index contributed by atoms with van der Waals surface area (Å²) in [6, 6.07) is 3.51. The lowest BCUT2D eigenvalue weighted by atomic mass is 10.2. The van der Waals surface area contributed by atoms with Crippen LogP contribution in [0.2, 0.25) is 0 Å². The van der Waals surface area contributed by atoms with E-state index in [0.29, 0.717) is 35.2 Å². The number of carboxylic acid groups (broad SMARTS) is 1. The first-order chi connectivity index (χ1) is 12.4. The molecule has 9 heteroatoms. The Morgan fingerprint density at radius 3 is 2.81 bits per heavy atom. The number of H-pyrrole nitrogens is 1. The van der Waals surface area contributed by atoms with Crippen LogP contribution in [0.1, 0.15) is 39.5 Å². The molecule has 0 radical (unpaired) electrons. The Labute approximate surface area is 161 Å². The lowest BCUT2D eigenvalue weighted by Crippen LogP contribution is -2.42. The molecule has 0 aromatic carbocycles. The fourth-order valence-corrected chi connectivity index (χ4v) is 3.54. The number of anilines is 1. The zero-order valence-corrected chi connectivity index (χ0v) is 16.6. The highest BCUT2D eigenvalue weighted by molar-refractivity contribution is 7.73. The highest BCUT2D eigenvalue weighted by Gasteiger charge is 2.18. The monoisotopic (exact) mass is 396 g/mol. The first-order valence-corrected chi connectivity index (χ1v) is 9.86. The van der Waals surface area contributed by atoms with Crippen molar-refractivity contribution in [3.63, 3.8) is 0 Å². The quantitative estimate of drug-likeness (QED) is 0.436. The van der Waals surface area contributed by atoms with Crippen LogP contribution in [-0.4, -0.2) is 40.2 Å². The van der Waals surface area contributed by atoms with Crippen LogP contribution in [0.25, 0.3) is 10.3 Å². The van der Waals surface area contributed by atoms with E-state index in [4.69, 9.17) is 17.3 Å². The van der Waals surface area contributed by atoms with Crippen molar-refractivity contribution in [2.24, 2.45) is 5.92 Å². The number of aromatic nitrogens is 2. The zero-order valence-electron chi connectivity index (χ0n) is 14.9. The number of pyridine rings is 1. The fraction of sp³-hybridized carbons (Fsp3) is 0.529. The molecule has 0 fully saturated rings. The van der Waals surface area contributed by atoms with Crippen molar-refractivity contribution >= 4 is 51.7 Å². The Kier molecular flexibility index (Phi) is 7.52. The van der Waals surface area contributed by atoms with Gasteiger partial charge in [0.1, 0.15) is 10.6 Å². The Hall–Kier alpha value is -2.00. The molecule has 0 saturated carbocycles. The zero-order chi connectivity index (χ0) is 19.1. The van der Waals surface area contributed by atoms with Crippen molar-refractivity contribution in [2.75, 3.05) is 18.0 Å². The number of carbonyl (C=O) groups excluding carboxylic acids is 1. The van der Waals surface area contributed by atoms with Gasteiger partial charge in [0.05, 0.1) is 5.52 Å². The number of carbonyl (C=O) groups is 2. The summed E-state index contributed by atoms with van der Waals surface area (Å²) in [4.78, 5) is 33.2. The van der Waals surface area contributed by atoms with Gasteiger partial charge in [0.25, 0.3) is 0 Å². The number of urea groups is 1. The molecule has 3 N–H and O–H groups in total. The number of hydrogen-bond donors (Lipinski definition) is 3. The van der Waals surface area contributed by atoms with Crippen molar-refractivity contribution in [1.29, 1.82) is 0 Å². The van der Waals surface area contributed by atoms with Crippen LogP contribution in [0.15, 0.2) is 12.1 Å². The van der Waals surface area contributed by atoms with Crippen LogP contribution in [-0.2, 0) is 4.79 Å². The van der Waals surface area contributed by atoms with Gasteiger partial charge in [0, 0.05) is 19.5 Å². The minimum absolute atomic E-state index is 0.167. The van der Waals surface area contributed by atoms with Crippen LogP contribution < -0.4 is 10.2 Å². The van der Waals surface area contributed by atoms with Crippen molar-refractivity contribution in [3.8, 4) is 0 Å². The second-order valence-corrected chi connectivity index (χ2v) is 8.14. The van der Waals surface area contributed by atoms with E-state index in [1.807, 2.05) is 26.0 Å². The predicted molar refractivity (Wildman–Crippen MR) is 106 cm³/mol. The van der Waals surface area contributed by atoms with E-state index in [0.717, 1.165) is 23.2 Å². The molecule has 0 unspecified atom stereocenters. The standard InChI is InChI=1S/C17H24N4O3S2/c1-11(2)10-21(16(24)18-9-5-3-4-6-14(22)23)13-8-7-12-15(20-13)26-17(25)19-12/h7-8,11H,3-6,9-10H2,1-2H3,(H,18,24)(H,19,25)(H,22,23). The first-order valence-electron chi connectivity index (χ1n) is 8.64. The number of carboxylic acids is 1. The van der Waals surface area contributed by atoms with Crippen molar-refractivity contribution in [3.05, 3.63) is 16.1 Å². The Balaban J connectivity index is 1.99. The van der Waals surface area contributed by atoms with E-state index < -0.39 is 5.97 Å². The van der Waals surface area contributed by atoms with Crippen LogP contribution in [0.4, 0.5) is 10.6 Å². The number of aliphatic carboxylic acids is 1. The van der Waals surface area contributed by atoms with Gasteiger partial charge in [-0.25, -0.2) is 9.78 Å². The number of amides is 2. The summed E-state index contributed by atoms with van der Waals surface area (Å²) in [5, 5.41) is 11.5. The van der Waals surface area contributed by atoms with Crippen LogP contribution in [0.5, 0.6) is 0 Å². The minimum atomic E-state index is -0.785. The second-order valence-electron chi connectivity index (χ2n) is 6.48. The Morgan fingerprint density at radius 2 is 2.12 bits per heavy atom. The number of hydrogen-bond acceptors (Lipinski definition) is 5. The fourth-order valence-electron chi connectivity index (χ4n) is 2.49. The molecule has 2 rings (SSSR count). The molecule has 142 valence electrons. The molecule has 2 aromatic rings. The summed E-state index contributed by atoms with van der Waals surface area (Å²) in [7, 11) is 0. The summed E-state index contributed by atoms with van der Waals surface area (Å²) in [6.45, 7) is 5.16. The molecule has 0 bridgehead atoms. The molecule has 2 aromatic heterocycles. The largest absolute Gasteiger partial charge is 0.481 e. The van der Waals surface area contributed by atoms with Gasteiger partial charge in [-0.05, 0) is 43.1 Å². The van der Waals surface area contributed by atoms with Gasteiger partial charge in [-0.2, -0.15) is 0 Å². The average Bonchev–Trinajstić information content (AvgIpc) is 2.94. The summed E-state index contributed by atoms with van der Waals surface area (Å²) >= 11 is 6.53. The molecule has 0 aliphatic heterocycles. The number of nitrogens with zero attached hydrogens (tertiary/aromatic N) is 2. The van der Waals surface area contributed by atoms with Crippen molar-refractivity contribution < 1.29 is 14.7 Å². The number of rotatable bonds is 9. The number of nitrogens with one attached hydrogen (secondary N) is 2. The van der Waals surface area contributed by atoms with Gasteiger partial charge in [0.2, 0.25) is 0 Å². The van der Waals surface area contributed by atoms with Gasteiger partial charge in [-0.15, -0.1) is 0 Å². The molecule has 2 amide bonds. The molecular formula is C17H24N4O3S2. The molecule has 2 heterocycles. The maximum absolute atomic E-state index is 12.6. The van der Waals surface area contributed by atoms with Gasteiger partial charge in [0.15, 0.2) is 3.95 Å². The average molecular weight is 397 g/mol. The lowest BCUT2D eigenvalue weighted by Gasteiger charge is -2.24. The summed E-state index contributed by atoms with van der Waals surface area (Å²) in [5.41, 5.74) is 0.868. The third-order valence-corrected chi connectivity index (χ3v) is 4.83. The highest BCUT2D eigenvalue weighted by atomic mass is 32.1. The molecule has 0 aliphatic carbocycles. The van der Waals surface area contributed by atoms with Crippen LogP contribution in [0, 0.1) is 9.87 Å². The van der Waals surface area contributed by atoms with Gasteiger partial charge in [-0.3, -0.25) is 9.69 Å². The van der Waals surface area contributed by atoms with E-state index in [9.17, 15) is 9.59 Å². The molecule has 0 saturated heterocycles. The first kappa shape index (κ1) is 20.3. The number of fused-ring (bicyclic) bond motifs is 1. The molecule has 0 spiro atoms. The topological polar surface area (TPSA) is 98.3 Å². The van der Waals surface area contributed by atoms with E-state index in [2.05, 4.69) is 15.3 Å². The third kappa shape index (κ3) is 6.06. The van der Waals surface area contributed by atoms with Crippen molar-refractivity contribution in [2.45, 2.75) is 39.5 Å². The molecular weight excluding hydrogens is 372 g/mol. The maximum atomic E-state index is 12.6.